The van der Waals surface area contributed by atoms with Gasteiger partial charge in [-0.1, -0.05) is 5.46 Å². The van der Waals surface area contributed by atoms with Crippen LogP contribution < -0.4 is 66.3 Å². The van der Waals surface area contributed by atoms with E-state index in [1.54, 1.807) is 0 Å². The van der Waals surface area contributed by atoms with E-state index in [1.165, 1.54) is 0 Å². The van der Waals surface area contributed by atoms with E-state index in [1.807, 2.05) is 0 Å². The van der Waals surface area contributed by atoms with Crippen LogP contribution in [0.1, 0.15) is 12.0 Å². The molecule has 0 aliphatic rings. The molecule has 0 fully saturated rings. The van der Waals surface area contributed by atoms with Crippen molar-refractivity contribution in [1.29, 1.82) is 0 Å². The van der Waals surface area contributed by atoms with Gasteiger partial charge in [-0.2, -0.15) is 0 Å². The zero-order valence-electron chi connectivity index (χ0n) is 10.0. The number of hydrogen-bond donors (Lipinski definition) is 0. The zero-order chi connectivity index (χ0) is 13.2. The molecule has 0 amide bonds. The Hall–Kier alpha value is 0.171. The minimum atomic E-state index is -5.53. The predicted octanol–water partition coefficient (Wildman–Crippen LogP) is -0.300. The Bertz CT molecular complexity index is 411. The van der Waals surface area contributed by atoms with Crippen LogP contribution in [-0.4, -0.2) is 21.2 Å². The average Bonchev–Trinajstić information content (AvgIpc) is 2.25. The van der Waals surface area contributed by atoms with Gasteiger partial charge in [-0.15, -0.1) is 0 Å². The molecule has 0 heterocycles. The molecule has 0 N–H and O–H groups in total. The quantitative estimate of drug-likeness (QED) is 0.561. The third-order valence-electron chi connectivity index (χ3n) is 2.18. The van der Waals surface area contributed by atoms with Crippen LogP contribution in [0, 0.1) is 0 Å². The van der Waals surface area contributed by atoms with Crippen LogP contribution >= 0.6 is 0 Å². The number of benzene rings is 1. The Morgan fingerprint density at radius 3 is 1.78 bits per heavy atom. The molecule has 0 atom stereocenters. The summed E-state index contributed by atoms with van der Waals surface area (Å²) in [5.41, 5.74) is -2.47. The maximum Gasteiger partial charge on any atom is 1.00 e. The zero-order valence-corrected chi connectivity index (χ0v) is 13.1. The fourth-order valence-corrected chi connectivity index (χ4v) is 1.38. The summed E-state index contributed by atoms with van der Waals surface area (Å²) in [5, 5.41) is 0. The van der Waals surface area contributed by atoms with E-state index in [2.05, 4.69) is 9.47 Å². The molecular formula is C9H9BF5KO2. The second-order valence-corrected chi connectivity index (χ2v) is 3.21. The molecule has 0 saturated heterocycles. The van der Waals surface area contributed by atoms with Crippen molar-refractivity contribution in [2.45, 2.75) is 6.43 Å². The first-order valence-corrected chi connectivity index (χ1v) is 4.55. The van der Waals surface area contributed by atoms with Gasteiger partial charge < -0.3 is 22.4 Å². The minimum absolute atomic E-state index is 0. The van der Waals surface area contributed by atoms with E-state index in [0.29, 0.717) is 12.1 Å². The molecule has 0 aromatic heterocycles. The molecule has 0 saturated carbocycles. The van der Waals surface area contributed by atoms with E-state index < -0.39 is 24.4 Å². The molecule has 9 heteroatoms. The summed E-state index contributed by atoms with van der Waals surface area (Å²) in [4.78, 5) is 0. The largest absolute Gasteiger partial charge is 1.00 e. The monoisotopic (exact) mass is 294 g/mol. The maximum absolute atomic E-state index is 12.6. The van der Waals surface area contributed by atoms with Crippen LogP contribution in [0.5, 0.6) is 11.5 Å². The number of hydrogen-bond acceptors (Lipinski definition) is 2. The molecular weight excluding hydrogens is 285 g/mol. The number of rotatable bonds is 4. The predicted molar refractivity (Wildman–Crippen MR) is 53.2 cm³/mol. The van der Waals surface area contributed by atoms with Crippen molar-refractivity contribution in [2.24, 2.45) is 0 Å². The van der Waals surface area contributed by atoms with E-state index in [0.717, 1.165) is 14.2 Å². The van der Waals surface area contributed by atoms with Crippen molar-refractivity contribution < 1.29 is 82.6 Å². The van der Waals surface area contributed by atoms with E-state index in [-0.39, 0.29) is 62.9 Å². The molecule has 0 unspecified atom stereocenters. The molecule has 18 heavy (non-hydrogen) atoms. The van der Waals surface area contributed by atoms with Gasteiger partial charge in [0.15, 0.2) is 11.5 Å². The average molecular weight is 294 g/mol. The van der Waals surface area contributed by atoms with Crippen molar-refractivity contribution in [2.75, 3.05) is 14.2 Å². The summed E-state index contributed by atoms with van der Waals surface area (Å²) in [6.45, 7) is -5.53. The van der Waals surface area contributed by atoms with Gasteiger partial charge in [0.2, 0.25) is 0 Å². The number of methoxy groups -OCH3 is 2. The Morgan fingerprint density at radius 2 is 1.44 bits per heavy atom. The second-order valence-electron chi connectivity index (χ2n) is 3.21. The van der Waals surface area contributed by atoms with E-state index in [4.69, 9.17) is 0 Å². The molecule has 0 aliphatic carbocycles. The van der Waals surface area contributed by atoms with Gasteiger partial charge >= 0.3 is 58.4 Å². The SMILES string of the molecule is COc1cc(C(F)F)c([B-](F)(F)F)cc1OC.[K+]. The minimum Gasteiger partial charge on any atom is -0.493 e. The number of alkyl halides is 2. The summed E-state index contributed by atoms with van der Waals surface area (Å²) >= 11 is 0. The Kier molecular flexibility index (Phi) is 7.15. The maximum atomic E-state index is 12.6. The van der Waals surface area contributed by atoms with Gasteiger partial charge in [0, 0.05) is 0 Å². The summed E-state index contributed by atoms with van der Waals surface area (Å²) in [6.07, 6.45) is -3.23. The van der Waals surface area contributed by atoms with E-state index >= 15 is 0 Å². The van der Waals surface area contributed by atoms with Crippen LogP contribution in [0.3, 0.4) is 0 Å². The second kappa shape index (κ2) is 7.09. The molecule has 0 radical (unpaired) electrons. The normalized spacial score (nSPS) is 11.1. The summed E-state index contributed by atoms with van der Waals surface area (Å²) in [6, 6.07) is 1.17. The molecule has 96 valence electrons. The van der Waals surface area contributed by atoms with Gasteiger partial charge in [-0.25, -0.2) is 8.78 Å². The fraction of sp³-hybridized carbons (Fsp3) is 0.333. The Balaban J connectivity index is 0.00000289. The standard InChI is InChI=1S/C9H9BF5O2.K/c1-16-7-3-5(9(11)12)6(10(13,14)15)4-8(7)17-2;/h3-4,9H,1-2H3;/q-1;+1. The molecule has 1 rings (SSSR count). The molecule has 1 aromatic rings. The topological polar surface area (TPSA) is 18.5 Å². The number of halogens is 5. The Labute approximate surface area is 143 Å². The Morgan fingerprint density at radius 1 is 1.00 bits per heavy atom. The van der Waals surface area contributed by atoms with Crippen molar-refractivity contribution in [3.05, 3.63) is 17.7 Å². The first-order valence-electron chi connectivity index (χ1n) is 4.55. The van der Waals surface area contributed by atoms with Gasteiger partial charge in [0.05, 0.1) is 14.2 Å². The summed E-state index contributed by atoms with van der Waals surface area (Å²) in [5.74, 6) is -0.391. The van der Waals surface area contributed by atoms with Crippen LogP contribution in [0.15, 0.2) is 12.1 Å². The smallest absolute Gasteiger partial charge is 0.493 e. The van der Waals surface area contributed by atoms with Crippen LogP contribution in [0.4, 0.5) is 21.7 Å². The molecule has 0 bridgehead atoms. The van der Waals surface area contributed by atoms with Crippen molar-refractivity contribution in [3.63, 3.8) is 0 Å². The van der Waals surface area contributed by atoms with Crippen LogP contribution in [-0.2, 0) is 0 Å². The fourth-order valence-electron chi connectivity index (χ4n) is 1.38. The van der Waals surface area contributed by atoms with Crippen molar-refractivity contribution in [1.82, 2.24) is 0 Å². The van der Waals surface area contributed by atoms with Gasteiger partial charge in [0.1, 0.15) is 0 Å². The molecule has 1 aromatic carbocycles. The first kappa shape index (κ1) is 18.2. The van der Waals surface area contributed by atoms with Crippen LogP contribution in [0.25, 0.3) is 0 Å². The van der Waals surface area contributed by atoms with Crippen LogP contribution in [0.2, 0.25) is 0 Å². The third-order valence-corrected chi connectivity index (χ3v) is 2.18. The molecule has 0 spiro atoms. The van der Waals surface area contributed by atoms with Crippen molar-refractivity contribution in [3.8, 4) is 11.5 Å². The first-order chi connectivity index (χ1) is 7.81. The number of ether oxygens (including phenoxy) is 2. The van der Waals surface area contributed by atoms with E-state index in [9.17, 15) is 21.7 Å². The van der Waals surface area contributed by atoms with Gasteiger partial charge in [-0.05, 0) is 17.7 Å². The van der Waals surface area contributed by atoms with Gasteiger partial charge in [-0.3, -0.25) is 0 Å². The van der Waals surface area contributed by atoms with Gasteiger partial charge in [0.25, 0.3) is 6.43 Å². The van der Waals surface area contributed by atoms with Crippen molar-refractivity contribution >= 4 is 12.4 Å². The summed E-state index contributed by atoms with van der Waals surface area (Å²) < 4.78 is 72.2. The molecule has 2 nitrogen and oxygen atoms in total. The summed E-state index contributed by atoms with van der Waals surface area (Å²) in [7, 11) is 2.29. The molecule has 0 aliphatic heterocycles. The third kappa shape index (κ3) is 4.09.